The molecular formula is C27H28N2O3. The standard InChI is InChI=1S/C27H28N2O3/c1-20-7-11-22(12-8-20)26(30)24-5-3-4-6-25(24)27(31)28(2)19-21-9-13-23(14-10-21)29-15-17-32-18-16-29/h3-14H,15-19H2,1-2H3. The maximum atomic E-state index is 13.2. The Morgan fingerprint density at radius 3 is 2.16 bits per heavy atom. The third kappa shape index (κ3) is 4.89. The minimum atomic E-state index is -0.168. The van der Waals surface area contributed by atoms with Crippen molar-refractivity contribution in [3.05, 3.63) is 101 Å². The normalized spacial score (nSPS) is 13.6. The molecule has 0 bridgehead atoms. The number of nitrogens with zero attached hydrogens (tertiary/aromatic N) is 2. The molecule has 1 aliphatic heterocycles. The zero-order valence-electron chi connectivity index (χ0n) is 18.6. The summed E-state index contributed by atoms with van der Waals surface area (Å²) in [7, 11) is 1.77. The molecule has 0 radical (unpaired) electrons. The molecule has 5 heteroatoms. The lowest BCUT2D eigenvalue weighted by Crippen LogP contribution is -2.36. The molecule has 4 rings (SSSR count). The van der Waals surface area contributed by atoms with Crippen LogP contribution in [0.25, 0.3) is 0 Å². The van der Waals surface area contributed by atoms with Crippen LogP contribution in [0.2, 0.25) is 0 Å². The Balaban J connectivity index is 1.48. The van der Waals surface area contributed by atoms with Crippen LogP contribution in [-0.2, 0) is 11.3 Å². The first-order chi connectivity index (χ1) is 15.5. The van der Waals surface area contributed by atoms with Gasteiger partial charge in [-0.15, -0.1) is 0 Å². The molecule has 1 saturated heterocycles. The summed E-state index contributed by atoms with van der Waals surface area (Å²) < 4.78 is 5.42. The molecule has 0 saturated carbocycles. The monoisotopic (exact) mass is 428 g/mol. The van der Waals surface area contributed by atoms with Crippen molar-refractivity contribution >= 4 is 17.4 Å². The fraction of sp³-hybridized carbons (Fsp3) is 0.259. The van der Waals surface area contributed by atoms with Crippen LogP contribution in [0.15, 0.2) is 72.8 Å². The summed E-state index contributed by atoms with van der Waals surface area (Å²) in [6.07, 6.45) is 0. The van der Waals surface area contributed by atoms with Gasteiger partial charge in [-0.2, -0.15) is 0 Å². The van der Waals surface area contributed by atoms with Crippen molar-refractivity contribution in [2.75, 3.05) is 38.3 Å². The number of ether oxygens (including phenoxy) is 1. The van der Waals surface area contributed by atoms with E-state index in [4.69, 9.17) is 4.74 Å². The van der Waals surface area contributed by atoms with Gasteiger partial charge in [0, 0.05) is 43.5 Å². The summed E-state index contributed by atoms with van der Waals surface area (Å²) in [5.41, 5.74) is 4.73. The molecule has 5 nitrogen and oxygen atoms in total. The van der Waals surface area contributed by atoms with Gasteiger partial charge in [-0.3, -0.25) is 9.59 Å². The van der Waals surface area contributed by atoms with Crippen molar-refractivity contribution in [2.45, 2.75) is 13.5 Å². The van der Waals surface area contributed by atoms with Crippen LogP contribution in [0.1, 0.15) is 37.4 Å². The number of carbonyl (C=O) groups excluding carboxylic acids is 2. The van der Waals surface area contributed by atoms with Gasteiger partial charge in [0.1, 0.15) is 0 Å². The van der Waals surface area contributed by atoms with Crippen LogP contribution in [0.5, 0.6) is 0 Å². The maximum absolute atomic E-state index is 13.2. The minimum Gasteiger partial charge on any atom is -0.378 e. The summed E-state index contributed by atoms with van der Waals surface area (Å²) in [5, 5.41) is 0. The molecule has 0 spiro atoms. The summed E-state index contributed by atoms with van der Waals surface area (Å²) >= 11 is 0. The first kappa shape index (κ1) is 21.8. The van der Waals surface area contributed by atoms with Crippen molar-refractivity contribution in [2.24, 2.45) is 0 Å². The maximum Gasteiger partial charge on any atom is 0.254 e. The lowest BCUT2D eigenvalue weighted by Gasteiger charge is -2.29. The van der Waals surface area contributed by atoms with E-state index >= 15 is 0 Å². The average Bonchev–Trinajstić information content (AvgIpc) is 2.84. The van der Waals surface area contributed by atoms with Gasteiger partial charge in [-0.05, 0) is 30.7 Å². The van der Waals surface area contributed by atoms with Gasteiger partial charge < -0.3 is 14.5 Å². The predicted octanol–water partition coefficient (Wildman–Crippen LogP) is 4.33. The van der Waals surface area contributed by atoms with Crippen molar-refractivity contribution < 1.29 is 14.3 Å². The largest absolute Gasteiger partial charge is 0.378 e. The molecule has 1 aliphatic rings. The Labute approximate surface area is 189 Å². The fourth-order valence-electron chi connectivity index (χ4n) is 3.91. The number of carbonyl (C=O) groups is 2. The van der Waals surface area contributed by atoms with Gasteiger partial charge in [0.05, 0.1) is 18.8 Å². The number of morpholine rings is 1. The van der Waals surface area contributed by atoms with Crippen LogP contribution >= 0.6 is 0 Å². The van der Waals surface area contributed by atoms with Crippen LogP contribution in [0, 0.1) is 6.92 Å². The first-order valence-corrected chi connectivity index (χ1v) is 10.9. The highest BCUT2D eigenvalue weighted by molar-refractivity contribution is 6.15. The number of anilines is 1. The zero-order chi connectivity index (χ0) is 22.5. The van der Waals surface area contributed by atoms with Gasteiger partial charge in [0.2, 0.25) is 0 Å². The Bertz CT molecular complexity index is 1080. The summed E-state index contributed by atoms with van der Waals surface area (Å²) in [4.78, 5) is 30.3. The molecule has 0 aliphatic carbocycles. The topological polar surface area (TPSA) is 49.9 Å². The highest BCUT2D eigenvalue weighted by Gasteiger charge is 2.21. The van der Waals surface area contributed by atoms with Crippen molar-refractivity contribution in [3.63, 3.8) is 0 Å². The van der Waals surface area contributed by atoms with Crippen molar-refractivity contribution in [1.82, 2.24) is 4.90 Å². The molecule has 0 atom stereocenters. The van der Waals surface area contributed by atoms with E-state index in [1.54, 1.807) is 48.3 Å². The fourth-order valence-corrected chi connectivity index (χ4v) is 3.91. The second kappa shape index (κ2) is 9.79. The highest BCUT2D eigenvalue weighted by atomic mass is 16.5. The number of hydrogen-bond acceptors (Lipinski definition) is 4. The SMILES string of the molecule is Cc1ccc(C(=O)c2ccccc2C(=O)N(C)Cc2ccc(N3CCOCC3)cc2)cc1. The molecule has 3 aromatic carbocycles. The molecule has 1 heterocycles. The van der Waals surface area contributed by atoms with E-state index in [2.05, 4.69) is 29.2 Å². The summed E-state index contributed by atoms with van der Waals surface area (Å²) in [6, 6.07) is 22.7. The van der Waals surface area contributed by atoms with Crippen molar-refractivity contribution in [1.29, 1.82) is 0 Å². The van der Waals surface area contributed by atoms with Gasteiger partial charge in [-0.25, -0.2) is 0 Å². The Morgan fingerprint density at radius 2 is 1.50 bits per heavy atom. The number of aryl methyl sites for hydroxylation is 1. The average molecular weight is 429 g/mol. The van der Waals surface area contributed by atoms with Crippen LogP contribution in [0.3, 0.4) is 0 Å². The van der Waals surface area contributed by atoms with E-state index in [9.17, 15) is 9.59 Å². The molecule has 1 fully saturated rings. The second-order valence-electron chi connectivity index (χ2n) is 8.17. The molecular weight excluding hydrogens is 400 g/mol. The number of benzene rings is 3. The number of hydrogen-bond donors (Lipinski definition) is 0. The van der Waals surface area contributed by atoms with E-state index in [-0.39, 0.29) is 11.7 Å². The predicted molar refractivity (Wildman–Crippen MR) is 126 cm³/mol. The van der Waals surface area contributed by atoms with Crippen LogP contribution in [-0.4, -0.2) is 49.9 Å². The molecule has 32 heavy (non-hydrogen) atoms. The van der Waals surface area contributed by atoms with Gasteiger partial charge in [0.25, 0.3) is 5.91 Å². The van der Waals surface area contributed by atoms with Crippen LogP contribution < -0.4 is 4.90 Å². The highest BCUT2D eigenvalue weighted by Crippen LogP contribution is 2.20. The third-order valence-electron chi connectivity index (χ3n) is 5.79. The lowest BCUT2D eigenvalue weighted by atomic mass is 9.97. The number of ketones is 1. The quantitative estimate of drug-likeness (QED) is 0.548. The van der Waals surface area contributed by atoms with Gasteiger partial charge in [0.15, 0.2) is 5.78 Å². The molecule has 0 N–H and O–H groups in total. The Morgan fingerprint density at radius 1 is 0.875 bits per heavy atom. The summed E-state index contributed by atoms with van der Waals surface area (Å²) in [6.45, 7) is 5.73. The van der Waals surface area contributed by atoms with E-state index < -0.39 is 0 Å². The smallest absolute Gasteiger partial charge is 0.254 e. The number of rotatable bonds is 6. The molecule has 0 unspecified atom stereocenters. The molecule has 0 aromatic heterocycles. The van der Waals surface area contributed by atoms with E-state index in [0.717, 1.165) is 37.4 Å². The lowest BCUT2D eigenvalue weighted by molar-refractivity contribution is 0.0780. The Kier molecular flexibility index (Phi) is 6.66. The first-order valence-electron chi connectivity index (χ1n) is 10.9. The molecule has 164 valence electrons. The second-order valence-corrected chi connectivity index (χ2v) is 8.17. The minimum absolute atomic E-state index is 0.141. The van der Waals surface area contributed by atoms with E-state index in [1.165, 1.54) is 5.69 Å². The molecule has 1 amide bonds. The van der Waals surface area contributed by atoms with E-state index in [0.29, 0.717) is 23.2 Å². The third-order valence-corrected chi connectivity index (χ3v) is 5.79. The molecule has 3 aromatic rings. The zero-order valence-corrected chi connectivity index (χ0v) is 18.6. The van der Waals surface area contributed by atoms with Crippen molar-refractivity contribution in [3.8, 4) is 0 Å². The number of amides is 1. The van der Waals surface area contributed by atoms with E-state index in [1.807, 2.05) is 19.1 Å². The summed E-state index contributed by atoms with van der Waals surface area (Å²) in [5.74, 6) is -0.310. The van der Waals surface area contributed by atoms with Gasteiger partial charge in [-0.1, -0.05) is 60.2 Å². The van der Waals surface area contributed by atoms with Gasteiger partial charge >= 0.3 is 0 Å². The van der Waals surface area contributed by atoms with Crippen LogP contribution in [0.4, 0.5) is 5.69 Å². The Hall–Kier alpha value is -3.44.